The lowest BCUT2D eigenvalue weighted by atomic mass is 10.3. The molecule has 2 N–H and O–H groups in total. The molecule has 1 heterocycles. The maximum atomic E-state index is 5.61. The molecule has 0 spiro atoms. The molecule has 78 valence electrons. The molecular formula is C11H13N3S. The zero-order chi connectivity index (χ0) is 10.7. The minimum atomic E-state index is 0.806. The van der Waals surface area contributed by atoms with E-state index in [1.54, 1.807) is 11.8 Å². The van der Waals surface area contributed by atoms with Gasteiger partial charge < -0.3 is 5.73 Å². The van der Waals surface area contributed by atoms with E-state index in [0.29, 0.717) is 0 Å². The number of thioether (sulfide) groups is 1. The Balaban J connectivity index is 1.96. The van der Waals surface area contributed by atoms with Crippen molar-refractivity contribution in [2.24, 2.45) is 7.05 Å². The summed E-state index contributed by atoms with van der Waals surface area (Å²) in [6, 6.07) is 7.92. The number of aryl methyl sites for hydroxylation is 1. The molecule has 0 radical (unpaired) electrons. The zero-order valence-electron chi connectivity index (χ0n) is 8.55. The Bertz CT molecular complexity index is 433. The summed E-state index contributed by atoms with van der Waals surface area (Å²) >= 11 is 1.79. The third-order valence-electron chi connectivity index (χ3n) is 2.04. The number of nitrogens with two attached hydrogens (primary N) is 1. The van der Waals surface area contributed by atoms with Crippen LogP contribution in [0.1, 0.15) is 5.56 Å². The number of hydrogen-bond acceptors (Lipinski definition) is 3. The van der Waals surface area contributed by atoms with Crippen molar-refractivity contribution in [1.82, 2.24) is 9.78 Å². The lowest BCUT2D eigenvalue weighted by Gasteiger charge is -1.99. The van der Waals surface area contributed by atoms with Crippen LogP contribution in [0.25, 0.3) is 0 Å². The molecule has 4 heteroatoms. The summed E-state index contributed by atoms with van der Waals surface area (Å²) in [7, 11) is 1.93. The third-order valence-corrected chi connectivity index (χ3v) is 3.13. The molecule has 0 fully saturated rings. The first-order chi connectivity index (χ1) is 7.24. The van der Waals surface area contributed by atoms with E-state index in [9.17, 15) is 0 Å². The molecule has 0 atom stereocenters. The quantitative estimate of drug-likeness (QED) is 0.636. The molecule has 0 aliphatic carbocycles. The fourth-order valence-electron chi connectivity index (χ4n) is 1.28. The van der Waals surface area contributed by atoms with Gasteiger partial charge in [0, 0.05) is 35.1 Å². The topological polar surface area (TPSA) is 43.8 Å². The molecule has 1 aromatic heterocycles. The molecule has 2 rings (SSSR count). The number of rotatable bonds is 3. The first kappa shape index (κ1) is 10.1. The maximum absolute atomic E-state index is 5.61. The molecule has 0 saturated carbocycles. The van der Waals surface area contributed by atoms with Crippen LogP contribution in [0.5, 0.6) is 0 Å². The predicted molar refractivity (Wildman–Crippen MR) is 63.6 cm³/mol. The average Bonchev–Trinajstić information content (AvgIpc) is 2.64. The highest BCUT2D eigenvalue weighted by atomic mass is 32.2. The van der Waals surface area contributed by atoms with E-state index in [0.717, 1.165) is 11.4 Å². The Morgan fingerprint density at radius 2 is 2.07 bits per heavy atom. The Kier molecular flexibility index (Phi) is 2.97. The van der Waals surface area contributed by atoms with Crippen LogP contribution in [0, 0.1) is 0 Å². The highest BCUT2D eigenvalue weighted by Gasteiger charge is 1.98. The van der Waals surface area contributed by atoms with Gasteiger partial charge in [0.1, 0.15) is 0 Å². The fraction of sp³-hybridized carbons (Fsp3) is 0.182. The van der Waals surface area contributed by atoms with E-state index in [4.69, 9.17) is 5.73 Å². The number of nitrogen functional groups attached to an aromatic ring is 1. The van der Waals surface area contributed by atoms with Gasteiger partial charge in [0.2, 0.25) is 0 Å². The van der Waals surface area contributed by atoms with Crippen molar-refractivity contribution in [3.63, 3.8) is 0 Å². The standard InChI is InChI=1S/C11H13N3S/c1-14-7-9(6-13-14)8-15-11-4-2-10(12)3-5-11/h2-7H,8,12H2,1H3. The van der Waals surface area contributed by atoms with Crippen molar-refractivity contribution in [1.29, 1.82) is 0 Å². The number of aromatic nitrogens is 2. The molecule has 0 unspecified atom stereocenters. The Morgan fingerprint density at radius 3 is 2.67 bits per heavy atom. The third kappa shape index (κ3) is 2.76. The largest absolute Gasteiger partial charge is 0.399 e. The van der Waals surface area contributed by atoms with Gasteiger partial charge >= 0.3 is 0 Å². The van der Waals surface area contributed by atoms with Gasteiger partial charge in [0.25, 0.3) is 0 Å². The molecule has 2 aromatic rings. The second kappa shape index (κ2) is 4.40. The summed E-state index contributed by atoms with van der Waals surface area (Å²) in [6.45, 7) is 0. The summed E-state index contributed by atoms with van der Waals surface area (Å²) in [5, 5.41) is 4.13. The van der Waals surface area contributed by atoms with Crippen molar-refractivity contribution >= 4 is 17.4 Å². The van der Waals surface area contributed by atoms with Crippen LogP contribution in [0.2, 0.25) is 0 Å². The van der Waals surface area contributed by atoms with Gasteiger partial charge in [-0.2, -0.15) is 5.10 Å². The maximum Gasteiger partial charge on any atom is 0.0530 e. The average molecular weight is 219 g/mol. The van der Waals surface area contributed by atoms with E-state index in [2.05, 4.69) is 5.10 Å². The van der Waals surface area contributed by atoms with Crippen molar-refractivity contribution < 1.29 is 0 Å². The van der Waals surface area contributed by atoms with Gasteiger partial charge in [-0.25, -0.2) is 0 Å². The van der Waals surface area contributed by atoms with Crippen LogP contribution in [-0.2, 0) is 12.8 Å². The molecule has 1 aromatic carbocycles. The monoisotopic (exact) mass is 219 g/mol. The summed E-state index contributed by atoms with van der Waals surface area (Å²) < 4.78 is 1.82. The summed E-state index contributed by atoms with van der Waals surface area (Å²) in [6.07, 6.45) is 3.93. The fourth-order valence-corrected chi connectivity index (χ4v) is 2.09. The van der Waals surface area contributed by atoms with Crippen LogP contribution in [0.4, 0.5) is 5.69 Å². The molecule has 0 bridgehead atoms. The van der Waals surface area contributed by atoms with Gasteiger partial charge in [-0.15, -0.1) is 11.8 Å². The first-order valence-corrected chi connectivity index (χ1v) is 5.68. The zero-order valence-corrected chi connectivity index (χ0v) is 9.37. The van der Waals surface area contributed by atoms with E-state index < -0.39 is 0 Å². The van der Waals surface area contributed by atoms with Crippen LogP contribution in [0.3, 0.4) is 0 Å². The van der Waals surface area contributed by atoms with Gasteiger partial charge in [-0.05, 0) is 24.3 Å². The smallest absolute Gasteiger partial charge is 0.0530 e. The Hall–Kier alpha value is -1.42. The van der Waals surface area contributed by atoms with Crippen LogP contribution in [-0.4, -0.2) is 9.78 Å². The first-order valence-electron chi connectivity index (χ1n) is 4.70. The Labute approximate surface area is 93.3 Å². The van der Waals surface area contributed by atoms with E-state index >= 15 is 0 Å². The lowest BCUT2D eigenvalue weighted by Crippen LogP contribution is -1.84. The van der Waals surface area contributed by atoms with E-state index in [-0.39, 0.29) is 0 Å². The van der Waals surface area contributed by atoms with Gasteiger partial charge in [0.05, 0.1) is 6.20 Å². The molecule has 0 amide bonds. The molecule has 0 aliphatic rings. The number of benzene rings is 1. The minimum absolute atomic E-state index is 0.806. The lowest BCUT2D eigenvalue weighted by molar-refractivity contribution is 0.767. The van der Waals surface area contributed by atoms with Crippen LogP contribution < -0.4 is 5.73 Å². The van der Waals surface area contributed by atoms with Crippen molar-refractivity contribution in [3.8, 4) is 0 Å². The van der Waals surface area contributed by atoms with Gasteiger partial charge in [-0.1, -0.05) is 0 Å². The van der Waals surface area contributed by atoms with Gasteiger partial charge in [0.15, 0.2) is 0 Å². The van der Waals surface area contributed by atoms with E-state index in [1.165, 1.54) is 10.5 Å². The van der Waals surface area contributed by atoms with Crippen molar-refractivity contribution in [3.05, 3.63) is 42.2 Å². The predicted octanol–water partition coefficient (Wildman–Crippen LogP) is 2.29. The molecule has 3 nitrogen and oxygen atoms in total. The van der Waals surface area contributed by atoms with Crippen LogP contribution >= 0.6 is 11.8 Å². The number of hydrogen-bond donors (Lipinski definition) is 1. The highest BCUT2D eigenvalue weighted by molar-refractivity contribution is 7.98. The van der Waals surface area contributed by atoms with E-state index in [1.807, 2.05) is 48.4 Å². The summed E-state index contributed by atoms with van der Waals surface area (Å²) in [5.74, 6) is 0.942. The SMILES string of the molecule is Cn1cc(CSc2ccc(N)cc2)cn1. The summed E-state index contributed by atoms with van der Waals surface area (Å²) in [5.41, 5.74) is 7.66. The summed E-state index contributed by atoms with van der Waals surface area (Å²) in [4.78, 5) is 1.23. The van der Waals surface area contributed by atoms with Crippen LogP contribution in [0.15, 0.2) is 41.6 Å². The van der Waals surface area contributed by atoms with Crippen molar-refractivity contribution in [2.75, 3.05) is 5.73 Å². The second-order valence-corrected chi connectivity index (χ2v) is 4.43. The van der Waals surface area contributed by atoms with Gasteiger partial charge in [-0.3, -0.25) is 4.68 Å². The van der Waals surface area contributed by atoms with Crippen molar-refractivity contribution in [2.45, 2.75) is 10.6 Å². The molecule has 15 heavy (non-hydrogen) atoms. The highest BCUT2D eigenvalue weighted by Crippen LogP contribution is 2.23. The number of anilines is 1. The molecular weight excluding hydrogens is 206 g/mol. The molecule has 0 saturated heterocycles. The second-order valence-electron chi connectivity index (χ2n) is 3.38. The minimum Gasteiger partial charge on any atom is -0.399 e. The number of nitrogens with zero attached hydrogens (tertiary/aromatic N) is 2. The normalized spacial score (nSPS) is 10.5. The molecule has 0 aliphatic heterocycles. The Morgan fingerprint density at radius 1 is 1.33 bits per heavy atom.